The summed E-state index contributed by atoms with van der Waals surface area (Å²) in [5.74, 6) is -7.30. The first-order chi connectivity index (χ1) is 48.6. The van der Waals surface area contributed by atoms with Crippen molar-refractivity contribution in [2.45, 2.75) is 110 Å². The minimum atomic E-state index is -1.26. The molecular weight excluding hydrogens is 1450 g/mol. The van der Waals surface area contributed by atoms with Crippen molar-refractivity contribution in [3.8, 4) is 0 Å². The highest BCUT2D eigenvalue weighted by atomic mass is 32.2. The zero-order chi connectivity index (χ0) is 74.0. The van der Waals surface area contributed by atoms with E-state index in [4.69, 9.17) is 20.9 Å². The number of amides is 8. The van der Waals surface area contributed by atoms with Gasteiger partial charge < -0.3 is 62.6 Å². The number of hydrogen-bond acceptors (Lipinski definition) is 25. The number of thioether (sulfide) groups is 5. The van der Waals surface area contributed by atoms with Crippen LogP contribution < -0.4 is 32.7 Å². The summed E-state index contributed by atoms with van der Waals surface area (Å²) in [4.78, 5) is 177. The van der Waals surface area contributed by atoms with Gasteiger partial charge in [-0.15, -0.1) is 70.1 Å². The van der Waals surface area contributed by atoms with Crippen molar-refractivity contribution < 1.29 is 97.0 Å². The zero-order valence-corrected chi connectivity index (χ0v) is 59.6. The summed E-state index contributed by atoms with van der Waals surface area (Å²) in [6, 6.07) is 11.4. The summed E-state index contributed by atoms with van der Waals surface area (Å²) in [5, 5.41) is 48.3. The van der Waals surface area contributed by atoms with Gasteiger partial charge in [-0.3, -0.25) is 72.5 Å². The van der Waals surface area contributed by atoms with Crippen LogP contribution in [0.15, 0.2) is 146 Å². The number of carbonyl (C=O) groups is 14. The molecule has 9 aliphatic rings. The number of fused-ring (bicyclic) bond motifs is 4. The molecule has 0 bridgehead atoms. The van der Waals surface area contributed by atoms with Crippen molar-refractivity contribution in [3.05, 3.63) is 152 Å². The number of nitrogens with zero attached hydrogens (tertiary/aromatic N) is 5. The van der Waals surface area contributed by atoms with Crippen LogP contribution >= 0.6 is 70.1 Å². The average Bonchev–Trinajstić information content (AvgIpc) is 0.763. The number of esters is 2. The molecule has 31 nitrogen and oxygen atoms in total. The summed E-state index contributed by atoms with van der Waals surface area (Å²) in [6.07, 6.45) is 10.7. The van der Waals surface area contributed by atoms with Gasteiger partial charge >= 0.3 is 35.8 Å². The van der Waals surface area contributed by atoms with Gasteiger partial charge in [0.2, 0.25) is 23.6 Å². The lowest BCUT2D eigenvalue weighted by Gasteiger charge is -2.49. The van der Waals surface area contributed by atoms with Crippen molar-refractivity contribution in [1.29, 1.82) is 0 Å². The van der Waals surface area contributed by atoms with E-state index in [1.54, 1.807) is 62.6 Å². The number of ether oxygens (including phenoxy) is 2. The number of rotatable bonds is 21. The topological polar surface area (TPSA) is 464 Å². The molecule has 0 saturated carbocycles. The number of nitrogens with two attached hydrogens (primary N) is 2. The Morgan fingerprint density at radius 3 is 1.41 bits per heavy atom. The Hall–Kier alpha value is -9.24. The summed E-state index contributed by atoms with van der Waals surface area (Å²) < 4.78 is 9.76. The number of allylic oxidation sites excluding steroid dienone is 3. The van der Waals surface area contributed by atoms with Gasteiger partial charge in [-0.05, 0) is 72.6 Å². The first-order valence-electron chi connectivity index (χ1n) is 31.1. The molecule has 37 heteroatoms. The lowest BCUT2D eigenvalue weighted by Crippen LogP contribution is -2.71. The normalized spacial score (nSPS) is 23.3. The first kappa shape index (κ1) is 76.9. The Kier molecular flexibility index (Phi) is 25.8. The smallest absolute Gasteiger partial charge is 0.352 e. The number of carboxylic acid groups (broad SMARTS) is 4. The molecule has 1 aliphatic carbocycles. The molecule has 102 heavy (non-hydrogen) atoms. The van der Waals surface area contributed by atoms with Crippen LogP contribution in [0.5, 0.6) is 0 Å². The molecule has 12 rings (SSSR count). The quantitative estimate of drug-likeness (QED) is 0.0315. The van der Waals surface area contributed by atoms with Gasteiger partial charge in [-0.25, -0.2) is 19.2 Å². The third-order valence-electron chi connectivity index (χ3n) is 16.4. The Morgan fingerprint density at radius 2 is 0.990 bits per heavy atom. The maximum atomic E-state index is 12.5. The summed E-state index contributed by atoms with van der Waals surface area (Å²) in [7, 11) is 0. The van der Waals surface area contributed by atoms with E-state index >= 15 is 0 Å². The zero-order valence-electron chi connectivity index (χ0n) is 54.7. The monoisotopic (exact) mass is 1520 g/mol. The molecule has 2 aromatic heterocycles. The highest BCUT2D eigenvalue weighted by Crippen LogP contribution is 2.44. The van der Waals surface area contributed by atoms with E-state index < -0.39 is 124 Å². The van der Waals surface area contributed by atoms with Crippen LogP contribution in [-0.2, 0) is 83.0 Å². The number of β-lactam (4-membered cyclic amide) rings is 4. The van der Waals surface area contributed by atoms with Crippen LogP contribution in [0.4, 0.5) is 0 Å². The molecule has 10 heterocycles. The SMILES string of the molecule is CC(=O)OCC1=C(C(=O)O)N2C(=O)[C@@H](NC(=O)CSc3ccncc3)[C@H]2SC1.CC(=O)OCC1=C(C(=O)O)N2C(=O)[C@@H](NC(=O)Cc3cccs3)[C@H]2SC1.CC1=C(C(=O)O)N2C(=O)[C@@H](NC(=O)[C@H](N)C3=CCC=CC3)[C@H]2SC1.CC1=C(C(=O)O)N2C(=O)[C@@H](NC(=O)[C@H](N)c3ccccc3)[C@H]2SC1. The Labute approximate surface area is 607 Å². The number of benzene rings is 1. The summed E-state index contributed by atoms with van der Waals surface area (Å²) in [5.41, 5.74) is 15.1. The molecule has 4 saturated heterocycles. The van der Waals surface area contributed by atoms with Gasteiger partial charge in [0, 0.05) is 70.2 Å². The summed E-state index contributed by atoms with van der Waals surface area (Å²) in [6.45, 7) is 5.50. The molecule has 12 N–H and O–H groups in total. The second-order valence-corrected chi connectivity index (χ2v) is 29.9. The van der Waals surface area contributed by atoms with Crippen LogP contribution in [0, 0.1) is 0 Å². The molecule has 3 aromatic rings. The van der Waals surface area contributed by atoms with E-state index in [2.05, 4.69) is 26.3 Å². The second kappa shape index (κ2) is 34.2. The fourth-order valence-corrected chi connectivity index (χ4v) is 18.1. The Morgan fingerprint density at radius 1 is 0.559 bits per heavy atom. The standard InChI is InChI=1S/C17H17N3O6S2.C16H19N3O4S.C16H17N3O4S.C16H16N2O6S2/c1-9(21)26-6-10-7-28-16-13(15(23)20(16)14(10)17(24)25)19-12(22)8-27-11-2-4-18-5-3-11;2*1-8-7-24-15-11(14(21)19(15)12(8)16(22)23)18-13(20)10(17)9-5-3-2-4-6-9;1-8(19)24-6-9-7-26-15-12(14(21)18(15)13(9)16(22)23)17-11(20)5-10-3-2-4-25-10/h2-5,13,16H,6-8H2,1H3,(H,19,22)(H,24,25);2-3,6,10-11,15H,4-5,7,17H2,1H3,(H,18,20)(H,22,23);2-6,10-11,15H,7,17H2,1H3,(H,18,20)(H,22,23);2-4,12,15H,5-7H2,1H3,(H,17,20)(H,22,23)/t13-,16-;2*10-,11-,15-;12-,15-/m1111/s1. The van der Waals surface area contributed by atoms with Crippen LogP contribution in [0.3, 0.4) is 0 Å². The van der Waals surface area contributed by atoms with E-state index in [9.17, 15) is 87.5 Å². The van der Waals surface area contributed by atoms with Crippen LogP contribution in [0.25, 0.3) is 0 Å². The predicted molar refractivity (Wildman–Crippen MR) is 374 cm³/mol. The number of nitrogens with one attached hydrogen (secondary N) is 4. The maximum absolute atomic E-state index is 12.5. The van der Waals surface area contributed by atoms with E-state index in [1.165, 1.54) is 93.8 Å². The fraction of sp³-hybridized carbons (Fsp3) is 0.369. The molecule has 1 aromatic carbocycles. The maximum Gasteiger partial charge on any atom is 0.352 e. The van der Waals surface area contributed by atoms with Gasteiger partial charge in [0.15, 0.2) is 0 Å². The number of pyridine rings is 1. The number of aromatic nitrogens is 1. The van der Waals surface area contributed by atoms with E-state index in [-0.39, 0.29) is 65.4 Å². The van der Waals surface area contributed by atoms with E-state index in [1.807, 2.05) is 41.8 Å². The van der Waals surface area contributed by atoms with Gasteiger partial charge in [-0.1, -0.05) is 54.6 Å². The molecule has 4 fully saturated rings. The molecule has 0 spiro atoms. The Balaban J connectivity index is 0.000000158. The lowest BCUT2D eigenvalue weighted by molar-refractivity contribution is -0.151. The minimum Gasteiger partial charge on any atom is -0.477 e. The number of hydrogen-bond donors (Lipinski definition) is 10. The lowest BCUT2D eigenvalue weighted by atomic mass is 9.97. The summed E-state index contributed by atoms with van der Waals surface area (Å²) >= 11 is 8.31. The van der Waals surface area contributed by atoms with Gasteiger partial charge in [0.25, 0.3) is 23.6 Å². The van der Waals surface area contributed by atoms with Gasteiger partial charge in [-0.2, -0.15) is 0 Å². The molecule has 0 radical (unpaired) electrons. The van der Waals surface area contributed by atoms with Crippen molar-refractivity contribution >= 4 is 153 Å². The fourth-order valence-electron chi connectivity index (χ4n) is 11.4. The molecule has 8 amide bonds. The van der Waals surface area contributed by atoms with Crippen LogP contribution in [0.1, 0.15) is 57.0 Å². The van der Waals surface area contributed by atoms with Gasteiger partial charge in [0.05, 0.1) is 12.2 Å². The molecule has 540 valence electrons. The molecule has 0 unspecified atom stereocenters. The van der Waals surface area contributed by atoms with Crippen molar-refractivity contribution in [2.75, 3.05) is 42.0 Å². The number of carbonyl (C=O) groups excluding carboxylic acids is 10. The molecular formula is C65H69N11O20S6. The van der Waals surface area contributed by atoms with E-state index in [0.717, 1.165) is 31.6 Å². The highest BCUT2D eigenvalue weighted by Gasteiger charge is 2.58. The third kappa shape index (κ3) is 17.4. The first-order valence-corrected chi connectivity index (χ1v) is 37.1. The Bertz CT molecular complexity index is 4090. The number of carboxylic acids is 4. The van der Waals surface area contributed by atoms with Gasteiger partial charge in [0.1, 0.15) is 93.7 Å². The van der Waals surface area contributed by atoms with Crippen LogP contribution in [-0.4, -0.2) is 222 Å². The van der Waals surface area contributed by atoms with Crippen molar-refractivity contribution in [3.63, 3.8) is 0 Å². The third-order valence-corrected chi connectivity index (χ3v) is 23.9. The highest BCUT2D eigenvalue weighted by molar-refractivity contribution is 8.01. The number of thiophene rings is 1. The van der Waals surface area contributed by atoms with E-state index in [0.29, 0.717) is 57.3 Å². The van der Waals surface area contributed by atoms with Crippen LogP contribution in [0.2, 0.25) is 0 Å². The number of aliphatic carboxylic acids is 4. The molecule has 10 atom stereocenters. The predicted octanol–water partition coefficient (Wildman–Crippen LogP) is 1.86. The largest absolute Gasteiger partial charge is 0.477 e. The molecule has 8 aliphatic heterocycles. The van der Waals surface area contributed by atoms with Crippen molar-refractivity contribution in [2.24, 2.45) is 11.5 Å². The van der Waals surface area contributed by atoms with Crippen molar-refractivity contribution in [1.82, 2.24) is 45.9 Å². The average molecular weight is 1520 g/mol. The minimum absolute atomic E-state index is 0.0154. The second-order valence-electron chi connectivity index (χ2n) is 23.4.